The van der Waals surface area contributed by atoms with Crippen molar-refractivity contribution in [3.63, 3.8) is 0 Å². The van der Waals surface area contributed by atoms with E-state index in [4.69, 9.17) is 4.74 Å². The van der Waals surface area contributed by atoms with Gasteiger partial charge in [0.05, 0.1) is 0 Å². The Labute approximate surface area is 95.8 Å². The van der Waals surface area contributed by atoms with Gasteiger partial charge in [-0.05, 0) is 37.0 Å². The lowest BCUT2D eigenvalue weighted by molar-refractivity contribution is 0.142. The van der Waals surface area contributed by atoms with Crippen LogP contribution in [0, 0.1) is 5.82 Å². The Bertz CT molecular complexity index is 321. The van der Waals surface area contributed by atoms with Crippen LogP contribution in [0.25, 0.3) is 0 Å². The molecule has 2 nitrogen and oxygen atoms in total. The molecular weight excluding hydrogens is 205 g/mol. The molecule has 1 fully saturated rings. The highest BCUT2D eigenvalue weighted by atomic mass is 19.1. The van der Waals surface area contributed by atoms with Gasteiger partial charge in [-0.25, -0.2) is 4.39 Å². The van der Waals surface area contributed by atoms with Gasteiger partial charge in [0, 0.05) is 25.8 Å². The Kier molecular flexibility index (Phi) is 4.31. The van der Waals surface area contributed by atoms with E-state index in [-0.39, 0.29) is 5.82 Å². The molecule has 1 aliphatic rings. The van der Waals surface area contributed by atoms with Crippen LogP contribution >= 0.6 is 0 Å². The van der Waals surface area contributed by atoms with E-state index >= 15 is 0 Å². The van der Waals surface area contributed by atoms with Gasteiger partial charge in [0.15, 0.2) is 0 Å². The topological polar surface area (TPSA) is 21.3 Å². The van der Waals surface area contributed by atoms with Gasteiger partial charge in [-0.3, -0.25) is 0 Å². The van der Waals surface area contributed by atoms with Crippen molar-refractivity contribution in [3.8, 4) is 0 Å². The van der Waals surface area contributed by atoms with Crippen LogP contribution in [-0.4, -0.2) is 19.3 Å². The molecule has 1 aromatic rings. The lowest BCUT2D eigenvalue weighted by Crippen LogP contribution is -2.28. The van der Waals surface area contributed by atoms with E-state index in [1.165, 1.54) is 6.07 Å². The molecule has 1 aromatic carbocycles. The van der Waals surface area contributed by atoms with E-state index in [0.29, 0.717) is 6.04 Å². The summed E-state index contributed by atoms with van der Waals surface area (Å²) in [6, 6.07) is 7.26. The summed E-state index contributed by atoms with van der Waals surface area (Å²) in [6.45, 7) is 2.45. The summed E-state index contributed by atoms with van der Waals surface area (Å²) in [5, 5.41) is 3.46. The van der Waals surface area contributed by atoms with Crippen molar-refractivity contribution in [2.24, 2.45) is 0 Å². The Morgan fingerprint density at radius 1 is 1.31 bits per heavy atom. The maximum atomic E-state index is 12.9. The van der Waals surface area contributed by atoms with Gasteiger partial charge in [-0.2, -0.15) is 0 Å². The average Bonchev–Trinajstić information content (AvgIpc) is 2.55. The van der Waals surface area contributed by atoms with Gasteiger partial charge in [-0.1, -0.05) is 12.1 Å². The second-order valence-corrected chi connectivity index (χ2v) is 4.25. The van der Waals surface area contributed by atoms with Gasteiger partial charge in [0.2, 0.25) is 0 Å². The normalized spacial score (nSPS) is 21.7. The molecule has 0 radical (unpaired) electrons. The first-order chi connectivity index (χ1) is 7.84. The molecule has 0 unspecified atom stereocenters. The molecule has 0 bridgehead atoms. The fraction of sp³-hybridized carbons (Fsp3) is 0.538. The van der Waals surface area contributed by atoms with Crippen LogP contribution in [0.15, 0.2) is 24.3 Å². The second kappa shape index (κ2) is 5.97. The van der Waals surface area contributed by atoms with Crippen molar-refractivity contribution < 1.29 is 9.13 Å². The monoisotopic (exact) mass is 223 g/mol. The molecule has 16 heavy (non-hydrogen) atoms. The van der Waals surface area contributed by atoms with Crippen molar-refractivity contribution in [2.45, 2.75) is 31.8 Å². The van der Waals surface area contributed by atoms with Gasteiger partial charge in [0.1, 0.15) is 5.82 Å². The minimum absolute atomic E-state index is 0.163. The maximum absolute atomic E-state index is 12.9. The summed E-state index contributed by atoms with van der Waals surface area (Å²) < 4.78 is 18.3. The predicted octanol–water partition coefficient (Wildman–Crippen LogP) is 2.48. The van der Waals surface area contributed by atoms with Crippen molar-refractivity contribution in [1.29, 1.82) is 0 Å². The molecule has 1 atom stereocenters. The van der Waals surface area contributed by atoms with Crippen LogP contribution < -0.4 is 5.32 Å². The van der Waals surface area contributed by atoms with Crippen LogP contribution in [0.2, 0.25) is 0 Å². The van der Waals surface area contributed by atoms with Crippen LogP contribution in [-0.2, 0) is 11.3 Å². The molecule has 0 amide bonds. The first-order valence-corrected chi connectivity index (χ1v) is 5.90. The van der Waals surface area contributed by atoms with E-state index in [1.54, 1.807) is 12.1 Å². The third-order valence-corrected chi connectivity index (χ3v) is 2.94. The molecule has 3 heteroatoms. The predicted molar refractivity (Wildman–Crippen MR) is 61.7 cm³/mol. The zero-order valence-corrected chi connectivity index (χ0v) is 9.42. The zero-order valence-electron chi connectivity index (χ0n) is 9.42. The third-order valence-electron chi connectivity index (χ3n) is 2.94. The summed E-state index contributed by atoms with van der Waals surface area (Å²) in [5.41, 5.74) is 1.00. The number of halogens is 1. The summed E-state index contributed by atoms with van der Waals surface area (Å²) in [7, 11) is 0. The fourth-order valence-corrected chi connectivity index (χ4v) is 2.02. The molecule has 2 rings (SSSR count). The highest BCUT2D eigenvalue weighted by Gasteiger charge is 2.11. The largest absolute Gasteiger partial charge is 0.381 e. The molecular formula is C13H18FNO. The molecule has 1 N–H and O–H groups in total. The Hall–Kier alpha value is -0.930. The number of rotatable bonds is 3. The zero-order chi connectivity index (χ0) is 11.2. The van der Waals surface area contributed by atoms with E-state index in [0.717, 1.165) is 44.6 Å². The Morgan fingerprint density at radius 2 is 2.25 bits per heavy atom. The second-order valence-electron chi connectivity index (χ2n) is 4.25. The van der Waals surface area contributed by atoms with Crippen molar-refractivity contribution in [2.75, 3.05) is 13.2 Å². The number of hydrogen-bond acceptors (Lipinski definition) is 2. The molecule has 0 spiro atoms. The van der Waals surface area contributed by atoms with Gasteiger partial charge < -0.3 is 10.1 Å². The van der Waals surface area contributed by atoms with Gasteiger partial charge in [-0.15, -0.1) is 0 Å². The Balaban J connectivity index is 1.81. The van der Waals surface area contributed by atoms with Crippen molar-refractivity contribution in [1.82, 2.24) is 5.32 Å². The molecule has 0 saturated carbocycles. The smallest absolute Gasteiger partial charge is 0.123 e. The van der Waals surface area contributed by atoms with E-state index < -0.39 is 0 Å². The average molecular weight is 223 g/mol. The Morgan fingerprint density at radius 3 is 3.12 bits per heavy atom. The highest BCUT2D eigenvalue weighted by molar-refractivity contribution is 5.16. The molecule has 1 aliphatic heterocycles. The quantitative estimate of drug-likeness (QED) is 0.850. The van der Waals surface area contributed by atoms with Crippen molar-refractivity contribution in [3.05, 3.63) is 35.6 Å². The number of benzene rings is 1. The van der Waals surface area contributed by atoms with E-state index in [2.05, 4.69) is 5.32 Å². The fourth-order valence-electron chi connectivity index (χ4n) is 2.02. The minimum Gasteiger partial charge on any atom is -0.381 e. The lowest BCUT2D eigenvalue weighted by atomic mass is 10.1. The molecule has 1 heterocycles. The standard InChI is InChI=1S/C13H18FNO/c14-12-4-1-3-11(9-12)10-15-13-5-2-7-16-8-6-13/h1,3-4,9,13,15H,2,5-8,10H2/t13-/m0/s1. The van der Waals surface area contributed by atoms with E-state index in [9.17, 15) is 4.39 Å². The summed E-state index contributed by atoms with van der Waals surface area (Å²) in [4.78, 5) is 0. The first kappa shape index (κ1) is 11.6. The van der Waals surface area contributed by atoms with E-state index in [1.807, 2.05) is 6.07 Å². The SMILES string of the molecule is Fc1cccc(CN[C@H]2CCCOCC2)c1. The van der Waals surface area contributed by atoms with Crippen LogP contribution in [0.1, 0.15) is 24.8 Å². The van der Waals surface area contributed by atoms with Crippen LogP contribution in [0.5, 0.6) is 0 Å². The lowest BCUT2D eigenvalue weighted by Gasteiger charge is -2.15. The highest BCUT2D eigenvalue weighted by Crippen LogP contribution is 2.10. The first-order valence-electron chi connectivity index (χ1n) is 5.90. The summed E-state index contributed by atoms with van der Waals surface area (Å²) >= 11 is 0. The molecule has 1 saturated heterocycles. The summed E-state index contributed by atoms with van der Waals surface area (Å²) in [5.74, 6) is -0.163. The third kappa shape index (κ3) is 3.58. The molecule has 0 aliphatic carbocycles. The number of ether oxygens (including phenoxy) is 1. The summed E-state index contributed by atoms with van der Waals surface area (Å²) in [6.07, 6.45) is 3.31. The maximum Gasteiger partial charge on any atom is 0.123 e. The molecule has 88 valence electrons. The van der Waals surface area contributed by atoms with Crippen LogP contribution in [0.3, 0.4) is 0 Å². The molecule has 0 aromatic heterocycles. The minimum atomic E-state index is -0.163. The van der Waals surface area contributed by atoms with Crippen LogP contribution in [0.4, 0.5) is 4.39 Å². The number of hydrogen-bond donors (Lipinski definition) is 1. The van der Waals surface area contributed by atoms with Gasteiger partial charge >= 0.3 is 0 Å². The van der Waals surface area contributed by atoms with Gasteiger partial charge in [0.25, 0.3) is 0 Å². The van der Waals surface area contributed by atoms with Crippen molar-refractivity contribution >= 4 is 0 Å². The number of nitrogens with one attached hydrogen (secondary N) is 1.